The third-order valence-electron chi connectivity index (χ3n) is 4.93. The Morgan fingerprint density at radius 1 is 0.968 bits per heavy atom. The van der Waals surface area contributed by atoms with E-state index in [4.69, 9.17) is 10.7 Å². The van der Waals surface area contributed by atoms with E-state index in [1.807, 2.05) is 18.2 Å². The van der Waals surface area contributed by atoms with Gasteiger partial charge < -0.3 is 10.7 Å². The Balaban J connectivity index is 1.51. The monoisotopic (exact) mass is 428 g/mol. The van der Waals surface area contributed by atoms with Crippen LogP contribution in [0.3, 0.4) is 0 Å². The SMILES string of the molecule is Nc1cncc(-c2cc3c(-c4nc5c(-c6ccc(F)s6)nccc5[nH]4)n[nH]c3cn2)c1. The van der Waals surface area contributed by atoms with Crippen molar-refractivity contribution >= 4 is 39.0 Å². The normalized spacial score (nSPS) is 11.5. The molecule has 0 radical (unpaired) electrons. The number of aromatic amines is 2. The second-order valence-electron chi connectivity index (χ2n) is 6.94. The van der Waals surface area contributed by atoms with Crippen LogP contribution in [0.2, 0.25) is 0 Å². The molecular weight excluding hydrogens is 415 g/mol. The van der Waals surface area contributed by atoms with E-state index in [2.05, 4.69) is 30.1 Å². The number of nitrogens with one attached hydrogen (secondary N) is 2. The predicted molar refractivity (Wildman–Crippen MR) is 118 cm³/mol. The van der Waals surface area contributed by atoms with E-state index in [1.54, 1.807) is 30.9 Å². The largest absolute Gasteiger partial charge is 0.397 e. The molecule has 0 aliphatic rings. The molecule has 0 aliphatic heterocycles. The van der Waals surface area contributed by atoms with Crippen molar-refractivity contribution in [1.82, 2.24) is 35.1 Å². The number of pyridine rings is 3. The molecule has 31 heavy (non-hydrogen) atoms. The molecule has 0 saturated heterocycles. The third-order valence-corrected chi connectivity index (χ3v) is 5.81. The van der Waals surface area contributed by atoms with E-state index in [1.165, 1.54) is 6.07 Å². The van der Waals surface area contributed by atoms with E-state index < -0.39 is 0 Å². The zero-order valence-electron chi connectivity index (χ0n) is 15.8. The van der Waals surface area contributed by atoms with E-state index in [-0.39, 0.29) is 5.13 Å². The summed E-state index contributed by atoms with van der Waals surface area (Å²) in [4.78, 5) is 21.8. The minimum atomic E-state index is -0.265. The summed E-state index contributed by atoms with van der Waals surface area (Å²) in [5.41, 5.74) is 11.5. The van der Waals surface area contributed by atoms with Crippen LogP contribution in [0.1, 0.15) is 0 Å². The van der Waals surface area contributed by atoms with Gasteiger partial charge in [-0.15, -0.1) is 11.3 Å². The first kappa shape index (κ1) is 17.7. The summed E-state index contributed by atoms with van der Waals surface area (Å²) in [6.07, 6.45) is 6.69. The molecule has 0 bridgehead atoms. The maximum absolute atomic E-state index is 13.5. The maximum Gasteiger partial charge on any atom is 0.177 e. The number of hydrogen-bond donors (Lipinski definition) is 3. The molecular formula is C21H13FN8S. The van der Waals surface area contributed by atoms with Crippen LogP contribution >= 0.6 is 11.3 Å². The number of imidazole rings is 1. The predicted octanol–water partition coefficient (Wildman–Crippen LogP) is 4.41. The van der Waals surface area contributed by atoms with E-state index >= 15 is 0 Å². The van der Waals surface area contributed by atoms with Crippen LogP contribution in [0, 0.1) is 5.13 Å². The highest BCUT2D eigenvalue weighted by molar-refractivity contribution is 7.13. The molecule has 0 spiro atoms. The molecule has 6 heterocycles. The first-order valence-corrected chi connectivity index (χ1v) is 10.1. The maximum atomic E-state index is 13.5. The van der Waals surface area contributed by atoms with Crippen molar-refractivity contribution in [3.63, 3.8) is 0 Å². The first-order chi connectivity index (χ1) is 15.2. The lowest BCUT2D eigenvalue weighted by Gasteiger charge is -2.02. The standard InChI is InChI=1S/C21H13FN8S/c22-17-2-1-16(31-17)20-19-13(3-4-25-20)27-21(28-19)18-12-6-14(26-9-15(12)29-30-18)10-5-11(23)8-24-7-10/h1-9H,23H2,(H,27,28)(H,29,30). The van der Waals surface area contributed by atoms with Crippen LogP contribution in [0.4, 0.5) is 10.1 Å². The van der Waals surface area contributed by atoms with Gasteiger partial charge in [-0.25, -0.2) is 4.98 Å². The lowest BCUT2D eigenvalue weighted by Crippen LogP contribution is -1.90. The van der Waals surface area contributed by atoms with Crippen molar-refractivity contribution in [1.29, 1.82) is 0 Å². The minimum absolute atomic E-state index is 0.265. The van der Waals surface area contributed by atoms with Gasteiger partial charge >= 0.3 is 0 Å². The number of H-pyrrole nitrogens is 2. The summed E-state index contributed by atoms with van der Waals surface area (Å²) in [5, 5.41) is 8.02. The second-order valence-corrected chi connectivity index (χ2v) is 7.97. The number of aromatic nitrogens is 7. The fourth-order valence-electron chi connectivity index (χ4n) is 3.52. The summed E-state index contributed by atoms with van der Waals surface area (Å²) in [7, 11) is 0. The molecule has 6 aromatic heterocycles. The molecule has 150 valence electrons. The highest BCUT2D eigenvalue weighted by atomic mass is 32.1. The third kappa shape index (κ3) is 2.92. The van der Waals surface area contributed by atoms with Crippen LogP contribution in [-0.2, 0) is 0 Å². The molecule has 0 aliphatic carbocycles. The van der Waals surface area contributed by atoms with Crippen LogP contribution < -0.4 is 5.73 Å². The van der Waals surface area contributed by atoms with Crippen LogP contribution in [0.25, 0.3) is 55.3 Å². The van der Waals surface area contributed by atoms with E-state index in [0.29, 0.717) is 33.3 Å². The van der Waals surface area contributed by atoms with E-state index in [0.717, 1.165) is 39.0 Å². The van der Waals surface area contributed by atoms with Crippen molar-refractivity contribution in [2.75, 3.05) is 5.73 Å². The van der Waals surface area contributed by atoms with E-state index in [9.17, 15) is 4.39 Å². The Bertz CT molecular complexity index is 1580. The molecule has 0 amide bonds. The highest BCUT2D eigenvalue weighted by Gasteiger charge is 2.17. The number of rotatable bonds is 3. The number of fused-ring (bicyclic) bond motifs is 2. The molecule has 10 heteroatoms. The van der Waals surface area contributed by atoms with Crippen molar-refractivity contribution in [2.24, 2.45) is 0 Å². The Morgan fingerprint density at radius 2 is 1.90 bits per heavy atom. The minimum Gasteiger partial charge on any atom is -0.397 e. The fourth-order valence-corrected chi connectivity index (χ4v) is 4.25. The summed E-state index contributed by atoms with van der Waals surface area (Å²) >= 11 is 1.04. The van der Waals surface area contributed by atoms with Crippen LogP contribution in [0.15, 0.2) is 55.1 Å². The number of nitrogens with two attached hydrogens (primary N) is 1. The van der Waals surface area contributed by atoms with Crippen molar-refractivity contribution < 1.29 is 4.39 Å². The molecule has 6 aromatic rings. The number of nitrogens with zero attached hydrogens (tertiary/aromatic N) is 5. The molecule has 0 unspecified atom stereocenters. The molecule has 6 rings (SSSR count). The van der Waals surface area contributed by atoms with Crippen molar-refractivity contribution in [2.45, 2.75) is 0 Å². The van der Waals surface area contributed by atoms with Crippen molar-refractivity contribution in [3.8, 4) is 33.3 Å². The zero-order chi connectivity index (χ0) is 20.9. The first-order valence-electron chi connectivity index (χ1n) is 9.31. The Hall–Kier alpha value is -4.18. The lowest BCUT2D eigenvalue weighted by atomic mass is 10.1. The van der Waals surface area contributed by atoms with Gasteiger partial charge in [-0.1, -0.05) is 0 Å². The van der Waals surface area contributed by atoms with Gasteiger partial charge in [-0.05, 0) is 30.3 Å². The molecule has 0 saturated carbocycles. The number of hydrogen-bond acceptors (Lipinski definition) is 7. The van der Waals surface area contributed by atoms with Gasteiger partial charge in [0.05, 0.1) is 33.5 Å². The Kier molecular flexibility index (Phi) is 3.80. The molecule has 8 nitrogen and oxygen atoms in total. The Labute approximate surface area is 178 Å². The van der Waals surface area contributed by atoms with Gasteiger partial charge in [-0.2, -0.15) is 9.49 Å². The van der Waals surface area contributed by atoms with Gasteiger partial charge in [0.1, 0.15) is 16.9 Å². The van der Waals surface area contributed by atoms with Gasteiger partial charge in [0.2, 0.25) is 0 Å². The van der Waals surface area contributed by atoms with Crippen molar-refractivity contribution in [3.05, 3.63) is 60.3 Å². The summed E-state index contributed by atoms with van der Waals surface area (Å²) in [5.74, 6) is 0.579. The summed E-state index contributed by atoms with van der Waals surface area (Å²) in [6.45, 7) is 0. The van der Waals surface area contributed by atoms with Gasteiger partial charge in [-0.3, -0.25) is 20.1 Å². The van der Waals surface area contributed by atoms with Crippen LogP contribution in [0.5, 0.6) is 0 Å². The smallest absolute Gasteiger partial charge is 0.177 e. The summed E-state index contributed by atoms with van der Waals surface area (Å²) in [6, 6.07) is 8.71. The average Bonchev–Trinajstić information content (AvgIpc) is 3.50. The number of anilines is 1. The average molecular weight is 428 g/mol. The highest BCUT2D eigenvalue weighted by Crippen LogP contribution is 2.33. The Morgan fingerprint density at radius 3 is 2.74 bits per heavy atom. The number of halogens is 1. The zero-order valence-corrected chi connectivity index (χ0v) is 16.6. The second kappa shape index (κ2) is 6.67. The molecule has 0 aromatic carbocycles. The molecule has 0 fully saturated rings. The van der Waals surface area contributed by atoms with Crippen LogP contribution in [-0.4, -0.2) is 35.1 Å². The van der Waals surface area contributed by atoms with Gasteiger partial charge in [0.15, 0.2) is 11.0 Å². The quantitative estimate of drug-likeness (QED) is 0.384. The molecule has 0 atom stereocenters. The number of nitrogen functional groups attached to an aromatic ring is 1. The lowest BCUT2D eigenvalue weighted by molar-refractivity contribution is 0.657. The van der Waals surface area contributed by atoms with Gasteiger partial charge in [0.25, 0.3) is 0 Å². The molecule has 4 N–H and O–H groups in total. The number of thiophene rings is 1. The topological polar surface area (TPSA) is 122 Å². The summed E-state index contributed by atoms with van der Waals surface area (Å²) < 4.78 is 13.5. The van der Waals surface area contributed by atoms with Gasteiger partial charge in [0, 0.05) is 29.5 Å². The fraction of sp³-hybridized carbons (Fsp3) is 0.